The summed E-state index contributed by atoms with van der Waals surface area (Å²) in [5, 5.41) is 11.7. The number of carboxylic acid groups (broad SMARTS) is 1. The number of quaternary nitrogens is 1. The van der Waals surface area contributed by atoms with Gasteiger partial charge in [-0.05, 0) is 38.5 Å². The smallest absolute Gasteiger partial charge is 0.306 e. The number of ether oxygens (including phenoxy) is 4. The molecule has 324 valence electrons. The van der Waals surface area contributed by atoms with Crippen LogP contribution in [0.1, 0.15) is 206 Å². The third-order valence-corrected chi connectivity index (χ3v) is 10.0. The largest absolute Gasteiger partial charge is 0.545 e. The fourth-order valence-corrected chi connectivity index (χ4v) is 6.41. The van der Waals surface area contributed by atoms with Crippen LogP contribution in [0.3, 0.4) is 0 Å². The maximum atomic E-state index is 12.7. The summed E-state index contributed by atoms with van der Waals surface area (Å²) in [6.07, 6.45) is 36.6. The Morgan fingerprint density at radius 3 is 1.35 bits per heavy atom. The lowest BCUT2D eigenvalue weighted by molar-refractivity contribution is -0.870. The number of carbonyl (C=O) groups excluding carboxylic acids is 3. The van der Waals surface area contributed by atoms with Gasteiger partial charge in [0.2, 0.25) is 0 Å². The minimum Gasteiger partial charge on any atom is -0.545 e. The van der Waals surface area contributed by atoms with Gasteiger partial charge in [0.05, 0.1) is 40.3 Å². The van der Waals surface area contributed by atoms with Crippen LogP contribution in [-0.4, -0.2) is 82.3 Å². The van der Waals surface area contributed by atoms with E-state index in [4.69, 9.17) is 18.9 Å². The van der Waals surface area contributed by atoms with E-state index >= 15 is 0 Å². The molecule has 0 aliphatic carbocycles. The summed E-state index contributed by atoms with van der Waals surface area (Å²) in [4.78, 5) is 36.9. The quantitative estimate of drug-likeness (QED) is 0.0198. The summed E-state index contributed by atoms with van der Waals surface area (Å²) in [5.74, 6) is -2.28. The average Bonchev–Trinajstić information content (AvgIpc) is 3.14. The molecule has 0 bridgehead atoms. The Balaban J connectivity index is 4.40. The van der Waals surface area contributed by atoms with E-state index < -0.39 is 24.3 Å². The third-order valence-electron chi connectivity index (χ3n) is 10.0. The van der Waals surface area contributed by atoms with Gasteiger partial charge in [0.15, 0.2) is 12.4 Å². The number of aliphatic carboxylic acids is 1. The maximum Gasteiger partial charge on any atom is 0.306 e. The molecule has 0 aromatic heterocycles. The molecule has 0 aromatic rings. The molecule has 0 radical (unpaired) electrons. The zero-order chi connectivity index (χ0) is 40.7. The van der Waals surface area contributed by atoms with Crippen LogP contribution < -0.4 is 5.11 Å². The fourth-order valence-electron chi connectivity index (χ4n) is 6.41. The molecule has 0 aliphatic heterocycles. The van der Waals surface area contributed by atoms with Crippen molar-refractivity contribution in [3.05, 3.63) is 12.2 Å². The third kappa shape index (κ3) is 40.0. The molecule has 55 heavy (non-hydrogen) atoms. The van der Waals surface area contributed by atoms with Crippen LogP contribution in [0.4, 0.5) is 0 Å². The highest BCUT2D eigenvalue weighted by Gasteiger charge is 2.21. The highest BCUT2D eigenvalue weighted by Crippen LogP contribution is 2.15. The van der Waals surface area contributed by atoms with E-state index in [2.05, 4.69) is 26.0 Å². The topological polar surface area (TPSA) is 111 Å². The maximum absolute atomic E-state index is 12.7. The molecule has 0 rings (SSSR count). The summed E-state index contributed by atoms with van der Waals surface area (Å²) in [6, 6.07) is 0. The number of likely N-dealkylation sites (N-methyl/N-ethyl adjacent to an activating group) is 1. The van der Waals surface area contributed by atoms with Gasteiger partial charge in [-0.25, -0.2) is 0 Å². The lowest BCUT2D eigenvalue weighted by Gasteiger charge is -2.26. The number of carboxylic acids is 1. The van der Waals surface area contributed by atoms with Gasteiger partial charge >= 0.3 is 11.9 Å². The second-order valence-electron chi connectivity index (χ2n) is 16.7. The molecule has 0 fully saturated rings. The SMILES string of the molecule is CCCCCCCCC/C=C\CCCCCCCCCC(=O)OC(COC(=O)CCCCCCCCCCCCCC)COC(OCC[N+](C)(C)C)C(=O)[O-]. The van der Waals surface area contributed by atoms with Crippen molar-refractivity contribution in [2.45, 2.75) is 219 Å². The van der Waals surface area contributed by atoms with Crippen LogP contribution in [0.15, 0.2) is 12.2 Å². The highest BCUT2D eigenvalue weighted by molar-refractivity contribution is 5.70. The normalized spacial score (nSPS) is 13.0. The first-order valence-corrected chi connectivity index (χ1v) is 22.8. The Hall–Kier alpha value is -1.97. The summed E-state index contributed by atoms with van der Waals surface area (Å²) in [6.45, 7) is 4.74. The molecule has 0 spiro atoms. The predicted molar refractivity (Wildman–Crippen MR) is 223 cm³/mol. The van der Waals surface area contributed by atoms with Gasteiger partial charge in [-0.2, -0.15) is 0 Å². The van der Waals surface area contributed by atoms with Gasteiger partial charge in [0.25, 0.3) is 0 Å². The number of rotatable bonds is 42. The molecule has 0 amide bonds. The molecule has 0 saturated heterocycles. The molecular weight excluding hydrogens is 695 g/mol. The van der Waals surface area contributed by atoms with E-state index in [1.54, 1.807) is 0 Å². The second-order valence-corrected chi connectivity index (χ2v) is 16.7. The average molecular weight is 782 g/mol. The predicted octanol–water partition coefficient (Wildman–Crippen LogP) is 10.6. The summed E-state index contributed by atoms with van der Waals surface area (Å²) in [5.41, 5.74) is 0. The van der Waals surface area contributed by atoms with Gasteiger partial charge in [0.1, 0.15) is 13.2 Å². The summed E-state index contributed by atoms with van der Waals surface area (Å²) >= 11 is 0. The first-order chi connectivity index (χ1) is 26.6. The fraction of sp³-hybridized carbons (Fsp3) is 0.891. The first-order valence-electron chi connectivity index (χ1n) is 22.8. The van der Waals surface area contributed by atoms with Gasteiger partial charge in [0, 0.05) is 12.8 Å². The van der Waals surface area contributed by atoms with E-state index in [9.17, 15) is 19.5 Å². The number of unbranched alkanes of at least 4 members (excludes halogenated alkanes) is 25. The number of hydrogen-bond acceptors (Lipinski definition) is 8. The molecule has 0 aliphatic rings. The molecule has 2 unspecified atom stereocenters. The molecule has 0 saturated carbocycles. The number of hydrogen-bond donors (Lipinski definition) is 0. The van der Waals surface area contributed by atoms with E-state index in [1.807, 2.05) is 21.1 Å². The molecule has 9 heteroatoms. The monoisotopic (exact) mass is 782 g/mol. The van der Waals surface area contributed by atoms with Crippen molar-refractivity contribution in [1.29, 1.82) is 0 Å². The van der Waals surface area contributed by atoms with E-state index in [0.717, 1.165) is 44.9 Å². The van der Waals surface area contributed by atoms with Crippen molar-refractivity contribution in [2.24, 2.45) is 0 Å². The van der Waals surface area contributed by atoms with E-state index in [1.165, 1.54) is 128 Å². The minimum atomic E-state index is -1.62. The Morgan fingerprint density at radius 2 is 0.927 bits per heavy atom. The van der Waals surface area contributed by atoms with Crippen LogP contribution in [0.2, 0.25) is 0 Å². The Bertz CT molecular complexity index is 918. The van der Waals surface area contributed by atoms with Crippen molar-refractivity contribution >= 4 is 17.9 Å². The Labute approximate surface area is 338 Å². The van der Waals surface area contributed by atoms with Crippen molar-refractivity contribution in [2.75, 3.05) is 47.5 Å². The van der Waals surface area contributed by atoms with E-state index in [0.29, 0.717) is 23.9 Å². The van der Waals surface area contributed by atoms with Crippen molar-refractivity contribution < 1.29 is 42.9 Å². The number of carbonyl (C=O) groups is 3. The van der Waals surface area contributed by atoms with Gasteiger partial charge in [-0.15, -0.1) is 0 Å². The zero-order valence-corrected chi connectivity index (χ0v) is 36.6. The molecule has 9 nitrogen and oxygen atoms in total. The van der Waals surface area contributed by atoms with Crippen LogP contribution in [-0.2, 0) is 33.3 Å². The first kappa shape index (κ1) is 53.0. The van der Waals surface area contributed by atoms with Crippen LogP contribution >= 0.6 is 0 Å². The van der Waals surface area contributed by atoms with E-state index in [-0.39, 0.29) is 32.2 Å². The van der Waals surface area contributed by atoms with Crippen LogP contribution in [0.25, 0.3) is 0 Å². The summed E-state index contributed by atoms with van der Waals surface area (Å²) < 4.78 is 22.5. The van der Waals surface area contributed by atoms with Crippen molar-refractivity contribution in [1.82, 2.24) is 0 Å². The van der Waals surface area contributed by atoms with Crippen LogP contribution in [0.5, 0.6) is 0 Å². The van der Waals surface area contributed by atoms with Gasteiger partial charge in [-0.1, -0.05) is 167 Å². The Morgan fingerprint density at radius 1 is 0.527 bits per heavy atom. The minimum absolute atomic E-state index is 0.150. The highest BCUT2D eigenvalue weighted by atomic mass is 16.7. The Kier molecular flexibility index (Phi) is 37.5. The van der Waals surface area contributed by atoms with Crippen molar-refractivity contribution in [3.8, 4) is 0 Å². The lowest BCUT2D eigenvalue weighted by atomic mass is 10.0. The molecule has 0 heterocycles. The zero-order valence-electron chi connectivity index (χ0n) is 36.6. The molecular formula is C46H87NO8. The molecule has 0 N–H and O–H groups in total. The van der Waals surface area contributed by atoms with Crippen LogP contribution in [0, 0.1) is 0 Å². The number of allylic oxidation sites excluding steroid dienone is 2. The second kappa shape index (κ2) is 38.9. The molecule has 0 aromatic carbocycles. The molecule has 2 atom stereocenters. The number of esters is 2. The summed E-state index contributed by atoms with van der Waals surface area (Å²) in [7, 11) is 5.91. The number of nitrogens with zero attached hydrogens (tertiary/aromatic N) is 1. The standard InChI is InChI=1S/C46H87NO8/c1-6-8-10-12-14-16-18-20-21-22-23-24-25-27-29-31-33-35-37-44(49)55-42(41-54-46(45(50)51)52-39-38-47(3,4)5)40-53-43(48)36-34-32-30-28-26-19-17-15-13-11-9-7-2/h21-22,42,46H,6-20,23-41H2,1-5H3/b22-21-. The lowest BCUT2D eigenvalue weighted by Crippen LogP contribution is -2.44. The van der Waals surface area contributed by atoms with Crippen molar-refractivity contribution in [3.63, 3.8) is 0 Å². The van der Waals surface area contributed by atoms with Gasteiger partial charge < -0.3 is 33.3 Å². The van der Waals surface area contributed by atoms with Gasteiger partial charge in [-0.3, -0.25) is 9.59 Å².